The topological polar surface area (TPSA) is 83.4 Å². The molecule has 0 radical (unpaired) electrons. The second-order valence-corrected chi connectivity index (χ2v) is 8.70. The molecule has 1 saturated heterocycles. The van der Waals surface area contributed by atoms with Crippen molar-refractivity contribution in [3.05, 3.63) is 96.1 Å². The first-order chi connectivity index (χ1) is 17.2. The van der Waals surface area contributed by atoms with E-state index in [1.54, 1.807) is 6.20 Å². The molecule has 0 unspecified atom stereocenters. The molecule has 0 aliphatic carbocycles. The molecule has 1 aliphatic heterocycles. The van der Waals surface area contributed by atoms with Crippen molar-refractivity contribution in [2.75, 3.05) is 32.7 Å². The first kappa shape index (κ1) is 22.7. The molecule has 2 amide bonds. The number of piperazine rings is 1. The molecule has 8 heteroatoms. The van der Waals surface area contributed by atoms with E-state index in [-0.39, 0.29) is 18.4 Å². The molecule has 0 atom stereocenters. The Morgan fingerprint density at radius 3 is 2.34 bits per heavy atom. The molecule has 2 aromatic carbocycles. The normalized spacial score (nSPS) is 14.2. The van der Waals surface area contributed by atoms with E-state index in [9.17, 15) is 9.59 Å². The highest BCUT2D eigenvalue weighted by molar-refractivity contribution is 5.96. The summed E-state index contributed by atoms with van der Waals surface area (Å²) in [5, 5.41) is 2.80. The van der Waals surface area contributed by atoms with Gasteiger partial charge in [0.05, 0.1) is 17.6 Å². The Hall–Kier alpha value is -4.04. The highest BCUT2D eigenvalue weighted by Gasteiger charge is 2.23. The van der Waals surface area contributed by atoms with Crippen LogP contribution in [-0.2, 0) is 17.9 Å². The highest BCUT2D eigenvalue weighted by Crippen LogP contribution is 2.18. The molecule has 1 fully saturated rings. The number of para-hydroxylation sites is 2. The predicted molar refractivity (Wildman–Crippen MR) is 134 cm³/mol. The summed E-state index contributed by atoms with van der Waals surface area (Å²) in [5.41, 5.74) is 3.88. The van der Waals surface area contributed by atoms with Gasteiger partial charge in [-0.15, -0.1) is 0 Å². The number of imidazole rings is 1. The van der Waals surface area contributed by atoms with Crippen LogP contribution in [0.2, 0.25) is 0 Å². The van der Waals surface area contributed by atoms with E-state index in [0.717, 1.165) is 41.8 Å². The van der Waals surface area contributed by atoms with Crippen LogP contribution in [0.5, 0.6) is 0 Å². The van der Waals surface area contributed by atoms with Crippen molar-refractivity contribution in [2.45, 2.75) is 13.1 Å². The van der Waals surface area contributed by atoms with Crippen molar-refractivity contribution in [3.63, 3.8) is 0 Å². The molecule has 4 aromatic rings. The molecule has 3 heterocycles. The van der Waals surface area contributed by atoms with Gasteiger partial charge in [-0.1, -0.05) is 48.5 Å². The Balaban J connectivity index is 1.20. The van der Waals surface area contributed by atoms with Crippen molar-refractivity contribution in [3.8, 4) is 0 Å². The fraction of sp³-hybridized carbons (Fsp3) is 0.259. The third-order valence-electron chi connectivity index (χ3n) is 6.30. The molecule has 8 nitrogen and oxygen atoms in total. The van der Waals surface area contributed by atoms with Crippen molar-refractivity contribution in [1.82, 2.24) is 29.7 Å². The summed E-state index contributed by atoms with van der Waals surface area (Å²) < 4.78 is 1.90. The van der Waals surface area contributed by atoms with Crippen molar-refractivity contribution in [1.29, 1.82) is 0 Å². The Kier molecular flexibility index (Phi) is 6.81. The number of rotatable bonds is 7. The van der Waals surface area contributed by atoms with E-state index in [1.807, 2.05) is 76.3 Å². The highest BCUT2D eigenvalue weighted by atomic mass is 16.2. The zero-order chi connectivity index (χ0) is 24.0. The van der Waals surface area contributed by atoms with Gasteiger partial charge in [0.2, 0.25) is 5.91 Å². The maximum Gasteiger partial charge on any atom is 0.287 e. The first-order valence-corrected chi connectivity index (χ1v) is 11.8. The van der Waals surface area contributed by atoms with Crippen LogP contribution in [0.25, 0.3) is 11.0 Å². The van der Waals surface area contributed by atoms with E-state index < -0.39 is 0 Å². The fourth-order valence-electron chi connectivity index (χ4n) is 4.43. The number of amides is 2. The molecule has 0 spiro atoms. The quantitative estimate of drug-likeness (QED) is 0.451. The number of hydrogen-bond donors (Lipinski definition) is 1. The Morgan fingerprint density at radius 2 is 1.57 bits per heavy atom. The van der Waals surface area contributed by atoms with Gasteiger partial charge in [-0.05, 0) is 29.3 Å². The van der Waals surface area contributed by atoms with Gasteiger partial charge in [0.25, 0.3) is 5.91 Å². The molecule has 35 heavy (non-hydrogen) atoms. The maximum atomic E-state index is 13.1. The zero-order valence-electron chi connectivity index (χ0n) is 19.5. The summed E-state index contributed by atoms with van der Waals surface area (Å²) in [7, 11) is 0. The molecule has 2 aromatic heterocycles. The van der Waals surface area contributed by atoms with Crippen molar-refractivity contribution >= 4 is 22.8 Å². The number of nitrogens with one attached hydrogen (secondary N) is 1. The lowest BCUT2D eigenvalue weighted by molar-refractivity contribution is -0.131. The van der Waals surface area contributed by atoms with Crippen LogP contribution in [0, 0.1) is 0 Å². The lowest BCUT2D eigenvalue weighted by Gasteiger charge is -2.34. The van der Waals surface area contributed by atoms with Gasteiger partial charge in [-0.2, -0.15) is 0 Å². The number of nitrogens with zero attached hydrogens (tertiary/aromatic N) is 5. The SMILES string of the molecule is O=C(NCC(=O)N1CCN(Cc2cccnc2)CC1)c1nc2ccccc2n1Cc1ccccc1. The lowest BCUT2D eigenvalue weighted by Crippen LogP contribution is -2.51. The number of carbonyl (C=O) groups is 2. The van der Waals surface area contributed by atoms with Gasteiger partial charge in [-0.25, -0.2) is 4.98 Å². The van der Waals surface area contributed by atoms with Crippen molar-refractivity contribution < 1.29 is 9.59 Å². The summed E-state index contributed by atoms with van der Waals surface area (Å²) in [5.74, 6) is -0.116. The van der Waals surface area contributed by atoms with E-state index in [2.05, 4.69) is 26.3 Å². The van der Waals surface area contributed by atoms with E-state index in [1.165, 1.54) is 0 Å². The number of fused-ring (bicyclic) bond motifs is 1. The predicted octanol–water partition coefficient (Wildman–Crippen LogP) is 2.55. The first-order valence-electron chi connectivity index (χ1n) is 11.8. The third-order valence-corrected chi connectivity index (χ3v) is 6.30. The van der Waals surface area contributed by atoms with Crippen LogP contribution < -0.4 is 5.32 Å². The average molecular weight is 469 g/mol. The second kappa shape index (κ2) is 10.5. The summed E-state index contributed by atoms with van der Waals surface area (Å²) in [6.45, 7) is 4.17. The Bertz CT molecular complexity index is 1300. The number of hydrogen-bond acceptors (Lipinski definition) is 5. The van der Waals surface area contributed by atoms with Crippen LogP contribution >= 0.6 is 0 Å². The minimum atomic E-state index is -0.347. The Labute approximate surface area is 204 Å². The molecule has 1 aliphatic rings. The van der Waals surface area contributed by atoms with Crippen LogP contribution in [0.15, 0.2) is 79.1 Å². The summed E-state index contributed by atoms with van der Waals surface area (Å²) in [6.07, 6.45) is 3.64. The van der Waals surface area contributed by atoms with Gasteiger partial charge in [0, 0.05) is 51.7 Å². The van der Waals surface area contributed by atoms with E-state index >= 15 is 0 Å². The molecule has 1 N–H and O–H groups in total. The largest absolute Gasteiger partial charge is 0.340 e. The maximum absolute atomic E-state index is 13.1. The van der Waals surface area contributed by atoms with Gasteiger partial charge in [-0.3, -0.25) is 19.5 Å². The van der Waals surface area contributed by atoms with Crippen LogP contribution in [0.3, 0.4) is 0 Å². The third kappa shape index (κ3) is 5.38. The minimum Gasteiger partial charge on any atom is -0.340 e. The van der Waals surface area contributed by atoms with Crippen LogP contribution in [0.1, 0.15) is 21.7 Å². The monoisotopic (exact) mass is 468 g/mol. The number of benzene rings is 2. The molecule has 0 saturated carbocycles. The molecule has 178 valence electrons. The molecular formula is C27H28N6O2. The summed E-state index contributed by atoms with van der Waals surface area (Å²) >= 11 is 0. The average Bonchev–Trinajstić information content (AvgIpc) is 3.27. The van der Waals surface area contributed by atoms with Gasteiger partial charge in [0.15, 0.2) is 5.82 Å². The fourth-order valence-corrected chi connectivity index (χ4v) is 4.43. The number of pyridine rings is 1. The van der Waals surface area contributed by atoms with Gasteiger partial charge in [0.1, 0.15) is 0 Å². The summed E-state index contributed by atoms with van der Waals surface area (Å²) in [6, 6.07) is 21.6. The molecule has 5 rings (SSSR count). The van der Waals surface area contributed by atoms with E-state index in [0.29, 0.717) is 25.5 Å². The van der Waals surface area contributed by atoms with Crippen molar-refractivity contribution in [2.24, 2.45) is 0 Å². The van der Waals surface area contributed by atoms with Crippen LogP contribution in [0.4, 0.5) is 0 Å². The standard InChI is InChI=1S/C27H28N6O2/c34-25(32-15-13-31(14-16-32)19-22-9-6-12-28-17-22)18-29-27(35)26-30-23-10-4-5-11-24(23)33(26)20-21-7-2-1-3-8-21/h1-12,17H,13-16,18-20H2,(H,29,35). The Morgan fingerprint density at radius 1 is 0.829 bits per heavy atom. The van der Waals surface area contributed by atoms with Crippen LogP contribution in [-0.4, -0.2) is 68.9 Å². The number of aromatic nitrogens is 3. The number of carbonyl (C=O) groups excluding carboxylic acids is 2. The molecular weight excluding hydrogens is 440 g/mol. The lowest BCUT2D eigenvalue weighted by atomic mass is 10.2. The van der Waals surface area contributed by atoms with Gasteiger partial charge >= 0.3 is 0 Å². The summed E-state index contributed by atoms with van der Waals surface area (Å²) in [4.78, 5) is 38.7. The zero-order valence-corrected chi connectivity index (χ0v) is 19.5. The van der Waals surface area contributed by atoms with E-state index in [4.69, 9.17) is 0 Å². The minimum absolute atomic E-state index is 0.0457. The van der Waals surface area contributed by atoms with Gasteiger partial charge < -0.3 is 14.8 Å². The molecule has 0 bridgehead atoms. The smallest absolute Gasteiger partial charge is 0.287 e. The second-order valence-electron chi connectivity index (χ2n) is 8.70.